The summed E-state index contributed by atoms with van der Waals surface area (Å²) in [6.45, 7) is 17.1. The summed E-state index contributed by atoms with van der Waals surface area (Å²) >= 11 is 0. The van der Waals surface area contributed by atoms with Crippen LogP contribution in [-0.2, 0) is 5.41 Å². The van der Waals surface area contributed by atoms with Crippen molar-refractivity contribution in [3.8, 4) is 0 Å². The maximum Gasteiger partial charge on any atom is 0.261 e. The van der Waals surface area contributed by atoms with Gasteiger partial charge < -0.3 is 15.6 Å². The van der Waals surface area contributed by atoms with Crippen molar-refractivity contribution in [3.05, 3.63) is 47.3 Å². The van der Waals surface area contributed by atoms with Crippen LogP contribution in [0.4, 0.5) is 20.3 Å². The van der Waals surface area contributed by atoms with Gasteiger partial charge in [-0.25, -0.2) is 8.78 Å². The topological polar surface area (TPSA) is 74.2 Å². The number of aromatic amines is 1. The zero-order valence-corrected chi connectivity index (χ0v) is 20.1. The number of nitrogens with zero attached hydrogens (tertiary/aromatic N) is 2. The highest BCUT2D eigenvalue weighted by molar-refractivity contribution is 6.08. The van der Waals surface area contributed by atoms with Crippen LogP contribution in [0.5, 0.6) is 0 Å². The smallest absolute Gasteiger partial charge is 0.261 e. The Bertz CT molecular complexity index is 1150. The molecule has 6 nitrogen and oxygen atoms in total. The Morgan fingerprint density at radius 3 is 2.28 bits per heavy atom. The molecule has 0 bridgehead atoms. The van der Waals surface area contributed by atoms with E-state index >= 15 is 0 Å². The maximum atomic E-state index is 13.5. The number of carbonyl (C=O) groups is 1. The fourth-order valence-electron chi connectivity index (χ4n) is 4.21. The molecule has 8 heteroatoms. The number of imidazole rings is 1. The minimum Gasteiger partial charge on any atom is -0.364 e. The molecule has 0 aliphatic heterocycles. The molecule has 2 heterocycles. The average Bonchev–Trinajstić information content (AvgIpc) is 3.15. The van der Waals surface area contributed by atoms with Gasteiger partial charge in [-0.15, -0.1) is 0 Å². The highest BCUT2D eigenvalue weighted by Gasteiger charge is 2.32. The van der Waals surface area contributed by atoms with E-state index in [1.807, 2.05) is 0 Å². The molecule has 0 fully saturated rings. The molecule has 0 aliphatic carbocycles. The van der Waals surface area contributed by atoms with Gasteiger partial charge >= 0.3 is 0 Å². The van der Waals surface area contributed by atoms with Crippen molar-refractivity contribution >= 4 is 23.1 Å². The molecule has 1 amide bonds. The van der Waals surface area contributed by atoms with E-state index in [1.165, 1.54) is 12.3 Å². The molecule has 0 atom stereocenters. The second kappa shape index (κ2) is 7.90. The Balaban J connectivity index is 2.01. The van der Waals surface area contributed by atoms with Gasteiger partial charge in [0.25, 0.3) is 5.91 Å². The van der Waals surface area contributed by atoms with Crippen LogP contribution in [0.3, 0.4) is 0 Å². The van der Waals surface area contributed by atoms with E-state index < -0.39 is 17.5 Å². The SMILES string of the molecule is CC(C)(C)CC(C)(C)Nc1c(C(C)(C)C)[nH]c2c(C(=O)Nc3ccc(F)c(F)c3)cnn12. The van der Waals surface area contributed by atoms with Crippen LogP contribution in [0.25, 0.3) is 5.65 Å². The van der Waals surface area contributed by atoms with Gasteiger partial charge in [0.05, 0.1) is 11.9 Å². The first-order chi connectivity index (χ1) is 14.6. The van der Waals surface area contributed by atoms with Gasteiger partial charge in [-0.1, -0.05) is 41.5 Å². The van der Waals surface area contributed by atoms with E-state index in [0.29, 0.717) is 11.2 Å². The average molecular weight is 446 g/mol. The van der Waals surface area contributed by atoms with Crippen molar-refractivity contribution in [2.75, 3.05) is 10.6 Å². The third-order valence-electron chi connectivity index (χ3n) is 5.06. The van der Waals surface area contributed by atoms with E-state index in [0.717, 1.165) is 30.1 Å². The molecule has 1 aromatic carbocycles. The fraction of sp³-hybridized carbons (Fsp3) is 0.500. The summed E-state index contributed by atoms with van der Waals surface area (Å²) in [4.78, 5) is 16.3. The van der Waals surface area contributed by atoms with Crippen molar-refractivity contribution in [1.82, 2.24) is 14.6 Å². The number of amides is 1. The number of fused-ring (bicyclic) bond motifs is 1. The van der Waals surface area contributed by atoms with Crippen molar-refractivity contribution < 1.29 is 13.6 Å². The Morgan fingerprint density at radius 2 is 1.72 bits per heavy atom. The van der Waals surface area contributed by atoms with Crippen LogP contribution in [0.1, 0.15) is 77.9 Å². The number of hydrogen-bond acceptors (Lipinski definition) is 3. The third kappa shape index (κ3) is 5.11. The highest BCUT2D eigenvalue weighted by Crippen LogP contribution is 2.35. The number of aromatic nitrogens is 3. The van der Waals surface area contributed by atoms with Gasteiger partial charge in [0, 0.05) is 22.7 Å². The minimum absolute atomic E-state index is 0.118. The molecule has 0 saturated carbocycles. The van der Waals surface area contributed by atoms with Crippen LogP contribution in [-0.4, -0.2) is 26.0 Å². The molecule has 0 unspecified atom stereocenters. The summed E-state index contributed by atoms with van der Waals surface area (Å²) in [7, 11) is 0. The quantitative estimate of drug-likeness (QED) is 0.443. The Kier molecular flexibility index (Phi) is 5.87. The number of halogens is 2. The zero-order valence-electron chi connectivity index (χ0n) is 20.1. The molecule has 2 aromatic heterocycles. The summed E-state index contributed by atoms with van der Waals surface area (Å²) in [5, 5.41) is 10.7. The normalized spacial score (nSPS) is 12.9. The monoisotopic (exact) mass is 445 g/mol. The van der Waals surface area contributed by atoms with E-state index in [9.17, 15) is 13.6 Å². The van der Waals surface area contributed by atoms with Crippen LogP contribution < -0.4 is 10.6 Å². The molecule has 0 radical (unpaired) electrons. The van der Waals surface area contributed by atoms with Crippen molar-refractivity contribution in [1.29, 1.82) is 0 Å². The van der Waals surface area contributed by atoms with E-state index in [1.54, 1.807) is 4.52 Å². The summed E-state index contributed by atoms with van der Waals surface area (Å²) in [5.41, 5.74) is 1.58. The lowest BCUT2D eigenvalue weighted by Gasteiger charge is -2.34. The predicted molar refractivity (Wildman–Crippen MR) is 124 cm³/mol. The van der Waals surface area contributed by atoms with Gasteiger partial charge in [-0.05, 0) is 37.8 Å². The lowest BCUT2D eigenvalue weighted by molar-refractivity contribution is 0.102. The molecule has 32 heavy (non-hydrogen) atoms. The molecule has 0 aliphatic rings. The fourth-order valence-corrected chi connectivity index (χ4v) is 4.21. The first kappa shape index (κ1) is 23.8. The van der Waals surface area contributed by atoms with E-state index in [-0.39, 0.29) is 22.1 Å². The lowest BCUT2D eigenvalue weighted by Crippen LogP contribution is -2.36. The number of anilines is 2. The summed E-state index contributed by atoms with van der Waals surface area (Å²) in [5.74, 6) is -1.66. The largest absolute Gasteiger partial charge is 0.364 e. The Labute approximate surface area is 187 Å². The minimum atomic E-state index is -1.02. The van der Waals surface area contributed by atoms with Crippen molar-refractivity contribution in [3.63, 3.8) is 0 Å². The number of rotatable bonds is 5. The van der Waals surface area contributed by atoms with Crippen molar-refractivity contribution in [2.45, 2.75) is 72.8 Å². The molecule has 0 spiro atoms. The lowest BCUT2D eigenvalue weighted by atomic mass is 9.81. The third-order valence-corrected chi connectivity index (χ3v) is 5.06. The summed E-state index contributed by atoms with van der Waals surface area (Å²) < 4.78 is 28.4. The second-order valence-electron chi connectivity index (χ2n) is 11.2. The molecule has 3 rings (SSSR count). The maximum absolute atomic E-state index is 13.5. The van der Waals surface area contributed by atoms with Crippen LogP contribution in [0, 0.1) is 17.0 Å². The molecule has 3 N–H and O–H groups in total. The van der Waals surface area contributed by atoms with E-state index in [4.69, 9.17) is 0 Å². The van der Waals surface area contributed by atoms with E-state index in [2.05, 4.69) is 76.1 Å². The number of benzene rings is 1. The van der Waals surface area contributed by atoms with Gasteiger partial charge in [0.1, 0.15) is 17.0 Å². The summed E-state index contributed by atoms with van der Waals surface area (Å²) in [6.07, 6.45) is 2.39. The number of hydrogen-bond donors (Lipinski definition) is 3. The van der Waals surface area contributed by atoms with Crippen LogP contribution in [0.15, 0.2) is 24.4 Å². The predicted octanol–water partition coefficient (Wildman–Crippen LogP) is 6.12. The number of H-pyrrole nitrogens is 1. The van der Waals surface area contributed by atoms with Crippen LogP contribution in [0.2, 0.25) is 0 Å². The summed E-state index contributed by atoms with van der Waals surface area (Å²) in [6, 6.07) is 3.24. The number of nitrogens with one attached hydrogen (secondary N) is 3. The van der Waals surface area contributed by atoms with Gasteiger partial charge in [0.2, 0.25) is 0 Å². The first-order valence-electron chi connectivity index (χ1n) is 10.7. The molecular formula is C24H33F2N5O. The second-order valence-corrected chi connectivity index (χ2v) is 11.2. The van der Waals surface area contributed by atoms with Crippen molar-refractivity contribution in [2.24, 2.45) is 5.41 Å². The number of carbonyl (C=O) groups excluding carboxylic acids is 1. The first-order valence-corrected chi connectivity index (χ1v) is 10.7. The molecule has 174 valence electrons. The highest BCUT2D eigenvalue weighted by atomic mass is 19.2. The van der Waals surface area contributed by atoms with Crippen LogP contribution >= 0.6 is 0 Å². The molecule has 3 aromatic rings. The van der Waals surface area contributed by atoms with Gasteiger partial charge in [-0.3, -0.25) is 4.79 Å². The van der Waals surface area contributed by atoms with Gasteiger partial charge in [-0.2, -0.15) is 9.61 Å². The molecule has 0 saturated heterocycles. The van der Waals surface area contributed by atoms with Gasteiger partial charge in [0.15, 0.2) is 11.6 Å². The zero-order chi connectivity index (χ0) is 24.1. The Hall–Kier alpha value is -2.90. The standard InChI is InChI=1S/C24H33F2N5O/c1-22(2,3)13-24(7,8)30-20-18(23(4,5)6)29-19-15(12-27-31(19)20)21(32)28-14-9-10-16(25)17(26)11-14/h9-12,29-30H,13H2,1-8H3,(H,28,32). The molecular weight excluding hydrogens is 412 g/mol. The Morgan fingerprint density at radius 1 is 1.06 bits per heavy atom.